The van der Waals surface area contributed by atoms with Crippen molar-refractivity contribution in [3.05, 3.63) is 45.2 Å². The monoisotopic (exact) mass is 281 g/mol. The summed E-state index contributed by atoms with van der Waals surface area (Å²) in [6.45, 7) is 2.60. The van der Waals surface area contributed by atoms with Crippen molar-refractivity contribution in [2.75, 3.05) is 11.9 Å². The van der Waals surface area contributed by atoms with Gasteiger partial charge in [0.05, 0.1) is 11.1 Å². The molecule has 0 saturated carbocycles. The first-order chi connectivity index (χ1) is 8.63. The molecule has 1 unspecified atom stereocenters. The van der Waals surface area contributed by atoms with E-state index in [1.54, 1.807) is 17.5 Å². The Morgan fingerprint density at radius 2 is 2.33 bits per heavy atom. The quantitative estimate of drug-likeness (QED) is 0.933. The summed E-state index contributed by atoms with van der Waals surface area (Å²) in [7, 11) is 2.00. The summed E-state index contributed by atoms with van der Waals surface area (Å²) in [6.07, 6.45) is 1.78. The van der Waals surface area contributed by atoms with Gasteiger partial charge in [-0.2, -0.15) is 0 Å². The number of thiophene rings is 1. The van der Waals surface area contributed by atoms with E-state index in [9.17, 15) is 0 Å². The van der Waals surface area contributed by atoms with Gasteiger partial charge in [-0.05, 0) is 30.0 Å². The smallest absolute Gasteiger partial charge is 0.147 e. The second kappa shape index (κ2) is 5.69. The summed E-state index contributed by atoms with van der Waals surface area (Å²) < 4.78 is 0. The van der Waals surface area contributed by atoms with Gasteiger partial charge < -0.3 is 10.6 Å². The average Bonchev–Trinajstić information content (AvgIpc) is 2.90. The van der Waals surface area contributed by atoms with E-state index in [2.05, 4.69) is 34.3 Å². The van der Waals surface area contributed by atoms with Gasteiger partial charge in [0.2, 0.25) is 0 Å². The van der Waals surface area contributed by atoms with Crippen LogP contribution in [0.25, 0.3) is 0 Å². The van der Waals surface area contributed by atoms with Gasteiger partial charge in [0.1, 0.15) is 5.82 Å². The number of hydrogen-bond acceptors (Lipinski definition) is 4. The van der Waals surface area contributed by atoms with Crippen LogP contribution in [0, 0.1) is 0 Å². The number of halogens is 1. The van der Waals surface area contributed by atoms with E-state index >= 15 is 0 Å². The van der Waals surface area contributed by atoms with Crippen LogP contribution in [0.4, 0.5) is 5.82 Å². The summed E-state index contributed by atoms with van der Waals surface area (Å²) in [6, 6.07) is 6.30. The fraction of sp³-hybridized carbons (Fsp3) is 0.308. The molecule has 0 saturated heterocycles. The highest BCUT2D eigenvalue weighted by atomic mass is 35.5. The van der Waals surface area contributed by atoms with Crippen LogP contribution in [0.1, 0.15) is 23.4 Å². The highest BCUT2D eigenvalue weighted by Gasteiger charge is 2.16. The molecule has 0 amide bonds. The van der Waals surface area contributed by atoms with E-state index in [4.69, 9.17) is 17.3 Å². The minimum Gasteiger partial charge on any atom is -0.351 e. The van der Waals surface area contributed by atoms with E-state index in [-0.39, 0.29) is 6.04 Å². The van der Waals surface area contributed by atoms with Crippen LogP contribution in [-0.2, 0) is 6.54 Å². The third-order valence-corrected chi connectivity index (χ3v) is 4.30. The Morgan fingerprint density at radius 1 is 1.56 bits per heavy atom. The summed E-state index contributed by atoms with van der Waals surface area (Å²) in [5.41, 5.74) is 6.52. The highest BCUT2D eigenvalue weighted by Crippen LogP contribution is 2.31. The summed E-state index contributed by atoms with van der Waals surface area (Å²) >= 11 is 7.99. The van der Waals surface area contributed by atoms with Crippen LogP contribution >= 0.6 is 22.9 Å². The molecule has 1 atom stereocenters. The molecule has 0 aliphatic heterocycles. The van der Waals surface area contributed by atoms with Crippen LogP contribution in [-0.4, -0.2) is 12.0 Å². The van der Waals surface area contributed by atoms with E-state index in [1.807, 2.05) is 13.1 Å². The van der Waals surface area contributed by atoms with Gasteiger partial charge in [-0.25, -0.2) is 4.98 Å². The predicted molar refractivity (Wildman–Crippen MR) is 78.3 cm³/mol. The zero-order valence-electron chi connectivity index (χ0n) is 10.4. The first-order valence-corrected chi connectivity index (χ1v) is 7.00. The van der Waals surface area contributed by atoms with E-state index in [0.717, 1.165) is 11.4 Å². The highest BCUT2D eigenvalue weighted by molar-refractivity contribution is 7.10. The van der Waals surface area contributed by atoms with Crippen LogP contribution in [0.15, 0.2) is 29.8 Å². The number of anilines is 1. The van der Waals surface area contributed by atoms with E-state index in [0.29, 0.717) is 11.6 Å². The molecule has 0 spiro atoms. The van der Waals surface area contributed by atoms with Crippen LogP contribution in [0.2, 0.25) is 5.02 Å². The number of pyridine rings is 1. The number of rotatable bonds is 4. The van der Waals surface area contributed by atoms with Crippen molar-refractivity contribution in [1.29, 1.82) is 0 Å². The molecule has 0 bridgehead atoms. The van der Waals surface area contributed by atoms with Crippen molar-refractivity contribution in [2.45, 2.75) is 19.5 Å². The maximum atomic E-state index is 6.25. The standard InChI is InChI=1S/C13H16ClN3S/c1-9(12-4-3-5-18-12)17(2)13-11(14)6-10(7-15)8-16-13/h3-6,8-9H,7,15H2,1-2H3. The summed E-state index contributed by atoms with van der Waals surface area (Å²) in [5, 5.41) is 2.72. The third kappa shape index (κ3) is 2.66. The fourth-order valence-corrected chi connectivity index (χ4v) is 2.89. The lowest BCUT2D eigenvalue weighted by molar-refractivity contribution is 0.741. The molecule has 96 valence electrons. The van der Waals surface area contributed by atoms with Gasteiger partial charge >= 0.3 is 0 Å². The normalized spacial score (nSPS) is 12.4. The van der Waals surface area contributed by atoms with Crippen molar-refractivity contribution in [3.8, 4) is 0 Å². The molecule has 2 heterocycles. The summed E-state index contributed by atoms with van der Waals surface area (Å²) in [5.74, 6) is 0.787. The topological polar surface area (TPSA) is 42.2 Å². The molecule has 2 N–H and O–H groups in total. The molecule has 2 aromatic heterocycles. The predicted octanol–water partition coefficient (Wildman–Crippen LogP) is 3.45. The van der Waals surface area contributed by atoms with Crippen molar-refractivity contribution in [1.82, 2.24) is 4.98 Å². The Labute approximate surface area is 116 Å². The minimum absolute atomic E-state index is 0.249. The van der Waals surface area contributed by atoms with Crippen LogP contribution < -0.4 is 10.6 Å². The lowest BCUT2D eigenvalue weighted by atomic mass is 10.2. The lowest BCUT2D eigenvalue weighted by Gasteiger charge is -2.26. The number of nitrogens with two attached hydrogens (primary N) is 1. The Morgan fingerprint density at radius 3 is 2.89 bits per heavy atom. The lowest BCUT2D eigenvalue weighted by Crippen LogP contribution is -2.22. The summed E-state index contributed by atoms with van der Waals surface area (Å²) in [4.78, 5) is 7.77. The maximum Gasteiger partial charge on any atom is 0.147 e. The van der Waals surface area contributed by atoms with Crippen LogP contribution in [0.3, 0.4) is 0 Å². The maximum absolute atomic E-state index is 6.25. The molecule has 0 aliphatic carbocycles. The molecule has 5 heteroatoms. The number of hydrogen-bond donors (Lipinski definition) is 1. The molecule has 0 fully saturated rings. The first kappa shape index (κ1) is 13.3. The average molecular weight is 282 g/mol. The van der Waals surface area contributed by atoms with Gasteiger partial charge in [-0.3, -0.25) is 0 Å². The molecule has 0 aliphatic rings. The van der Waals surface area contributed by atoms with E-state index in [1.165, 1.54) is 4.88 Å². The molecular weight excluding hydrogens is 266 g/mol. The molecule has 2 aromatic rings. The van der Waals surface area contributed by atoms with Gasteiger partial charge in [-0.1, -0.05) is 17.7 Å². The van der Waals surface area contributed by atoms with Crippen molar-refractivity contribution in [3.63, 3.8) is 0 Å². The Bertz CT molecular complexity index is 513. The van der Waals surface area contributed by atoms with Crippen molar-refractivity contribution >= 4 is 28.8 Å². The SMILES string of the molecule is CC(c1cccs1)N(C)c1ncc(CN)cc1Cl. The largest absolute Gasteiger partial charge is 0.351 e. The number of aromatic nitrogens is 1. The van der Waals surface area contributed by atoms with Crippen molar-refractivity contribution < 1.29 is 0 Å². The second-order valence-electron chi connectivity index (χ2n) is 4.16. The minimum atomic E-state index is 0.249. The fourth-order valence-electron chi connectivity index (χ4n) is 1.74. The zero-order chi connectivity index (χ0) is 13.1. The van der Waals surface area contributed by atoms with Crippen LogP contribution in [0.5, 0.6) is 0 Å². The Hall–Kier alpha value is -1.10. The number of nitrogens with zero attached hydrogens (tertiary/aromatic N) is 2. The van der Waals surface area contributed by atoms with Gasteiger partial charge in [0.25, 0.3) is 0 Å². The zero-order valence-corrected chi connectivity index (χ0v) is 12.0. The Kier molecular flexibility index (Phi) is 4.22. The van der Waals surface area contributed by atoms with Gasteiger partial charge in [0, 0.05) is 24.7 Å². The molecule has 0 aromatic carbocycles. The molecule has 2 rings (SSSR count). The molecule has 18 heavy (non-hydrogen) atoms. The van der Waals surface area contributed by atoms with Gasteiger partial charge in [-0.15, -0.1) is 11.3 Å². The second-order valence-corrected chi connectivity index (χ2v) is 5.54. The molecule has 3 nitrogen and oxygen atoms in total. The van der Waals surface area contributed by atoms with Crippen molar-refractivity contribution in [2.24, 2.45) is 5.73 Å². The van der Waals surface area contributed by atoms with E-state index < -0.39 is 0 Å². The molecular formula is C13H16ClN3S. The van der Waals surface area contributed by atoms with Gasteiger partial charge in [0.15, 0.2) is 0 Å². The Balaban J connectivity index is 2.26. The first-order valence-electron chi connectivity index (χ1n) is 5.74. The molecule has 0 radical (unpaired) electrons. The third-order valence-electron chi connectivity index (χ3n) is 2.98.